The minimum absolute atomic E-state index is 0.0581. The van der Waals surface area contributed by atoms with E-state index >= 15 is 0 Å². The first-order valence-corrected chi connectivity index (χ1v) is 4.75. The van der Waals surface area contributed by atoms with E-state index in [9.17, 15) is 4.79 Å². The summed E-state index contributed by atoms with van der Waals surface area (Å²) in [6.45, 7) is 7.18. The van der Waals surface area contributed by atoms with Gasteiger partial charge < -0.3 is 16.0 Å². The van der Waals surface area contributed by atoms with Crippen LogP contribution in [0, 0.1) is 0 Å². The Morgan fingerprint density at radius 2 is 2.08 bits per heavy atom. The summed E-state index contributed by atoms with van der Waals surface area (Å²) in [6, 6.07) is -0.0581. The van der Waals surface area contributed by atoms with Crippen molar-refractivity contribution in [1.82, 2.24) is 10.2 Å². The summed E-state index contributed by atoms with van der Waals surface area (Å²) in [5.41, 5.74) is 5.44. The number of hydrogen-bond donors (Lipinski definition) is 2. The Hall–Kier alpha value is -0.770. The Morgan fingerprint density at radius 1 is 1.54 bits per heavy atom. The van der Waals surface area contributed by atoms with E-state index in [2.05, 4.69) is 5.32 Å². The highest BCUT2D eigenvalue weighted by Crippen LogP contribution is 2.17. The second-order valence-corrected chi connectivity index (χ2v) is 3.35. The van der Waals surface area contributed by atoms with Gasteiger partial charge >= 0.3 is 6.03 Å². The zero-order valence-corrected chi connectivity index (χ0v) is 9.05. The van der Waals surface area contributed by atoms with Crippen LogP contribution in [0.25, 0.3) is 0 Å². The average molecular weight is 187 g/mol. The number of carbonyl (C=O) groups is 1. The molecule has 78 valence electrons. The summed E-state index contributed by atoms with van der Waals surface area (Å²) in [7, 11) is 1.64. The van der Waals surface area contributed by atoms with Crippen LogP contribution in [0.1, 0.15) is 27.2 Å². The van der Waals surface area contributed by atoms with Gasteiger partial charge in [-0.1, -0.05) is 6.92 Å². The third-order valence-corrected chi connectivity index (χ3v) is 2.63. The van der Waals surface area contributed by atoms with Gasteiger partial charge in [0.25, 0.3) is 0 Å². The highest BCUT2D eigenvalue weighted by molar-refractivity contribution is 5.74. The lowest BCUT2D eigenvalue weighted by Gasteiger charge is -2.39. The van der Waals surface area contributed by atoms with Crippen LogP contribution in [0.3, 0.4) is 0 Å². The molecule has 2 amide bonds. The van der Waals surface area contributed by atoms with Crippen molar-refractivity contribution in [3.8, 4) is 0 Å². The lowest BCUT2D eigenvalue weighted by Crippen LogP contribution is -2.56. The van der Waals surface area contributed by atoms with Crippen LogP contribution in [0.2, 0.25) is 0 Å². The molecule has 0 aromatic rings. The van der Waals surface area contributed by atoms with Gasteiger partial charge in [-0.2, -0.15) is 0 Å². The van der Waals surface area contributed by atoms with E-state index in [0.29, 0.717) is 13.1 Å². The van der Waals surface area contributed by atoms with E-state index in [0.717, 1.165) is 6.42 Å². The van der Waals surface area contributed by atoms with Crippen molar-refractivity contribution in [1.29, 1.82) is 0 Å². The molecule has 1 unspecified atom stereocenters. The van der Waals surface area contributed by atoms with Gasteiger partial charge in [-0.3, -0.25) is 0 Å². The maximum absolute atomic E-state index is 11.5. The van der Waals surface area contributed by atoms with Gasteiger partial charge in [-0.05, 0) is 20.3 Å². The quantitative estimate of drug-likeness (QED) is 0.683. The third-order valence-electron chi connectivity index (χ3n) is 2.63. The van der Waals surface area contributed by atoms with Gasteiger partial charge in [0.05, 0.1) is 5.54 Å². The van der Waals surface area contributed by atoms with Crippen LogP contribution in [-0.2, 0) is 0 Å². The predicted octanol–water partition coefficient (Wildman–Crippen LogP) is 0.775. The Labute approximate surface area is 80.5 Å². The molecule has 0 aliphatic heterocycles. The van der Waals surface area contributed by atoms with Crippen LogP contribution in [0.15, 0.2) is 0 Å². The lowest BCUT2D eigenvalue weighted by molar-refractivity contribution is 0.131. The first-order chi connectivity index (χ1) is 6.05. The fourth-order valence-electron chi connectivity index (χ4n) is 1.35. The van der Waals surface area contributed by atoms with Crippen molar-refractivity contribution in [3.63, 3.8) is 0 Å². The molecule has 0 rings (SSSR count). The van der Waals surface area contributed by atoms with Crippen molar-refractivity contribution in [3.05, 3.63) is 0 Å². The number of hydrogen-bond acceptors (Lipinski definition) is 2. The summed E-state index contributed by atoms with van der Waals surface area (Å²) < 4.78 is 0. The Balaban J connectivity index is 4.62. The molecule has 4 nitrogen and oxygen atoms in total. The fourth-order valence-corrected chi connectivity index (χ4v) is 1.35. The molecule has 0 saturated carbocycles. The summed E-state index contributed by atoms with van der Waals surface area (Å²) in [6.07, 6.45) is 0.866. The fraction of sp³-hybridized carbons (Fsp3) is 0.889. The van der Waals surface area contributed by atoms with Crippen molar-refractivity contribution in [2.45, 2.75) is 32.7 Å². The second-order valence-electron chi connectivity index (χ2n) is 3.35. The number of nitrogens with one attached hydrogen (secondary N) is 1. The molecule has 3 N–H and O–H groups in total. The first kappa shape index (κ1) is 12.2. The summed E-state index contributed by atoms with van der Waals surface area (Å²) in [4.78, 5) is 13.2. The molecular formula is C9H21N3O. The van der Waals surface area contributed by atoms with Crippen molar-refractivity contribution < 1.29 is 4.79 Å². The van der Waals surface area contributed by atoms with E-state index < -0.39 is 0 Å². The molecule has 0 fully saturated rings. The van der Waals surface area contributed by atoms with Crippen molar-refractivity contribution in [2.75, 3.05) is 20.1 Å². The van der Waals surface area contributed by atoms with E-state index in [1.165, 1.54) is 0 Å². The van der Waals surface area contributed by atoms with Gasteiger partial charge in [-0.25, -0.2) is 4.79 Å². The highest BCUT2D eigenvalue weighted by Gasteiger charge is 2.30. The molecule has 1 atom stereocenters. The minimum Gasteiger partial charge on any atom is -0.341 e. The van der Waals surface area contributed by atoms with E-state index in [-0.39, 0.29) is 11.6 Å². The van der Waals surface area contributed by atoms with Crippen LogP contribution >= 0.6 is 0 Å². The number of amides is 2. The first-order valence-electron chi connectivity index (χ1n) is 4.75. The second kappa shape index (κ2) is 5.07. The zero-order valence-electron chi connectivity index (χ0n) is 9.05. The largest absolute Gasteiger partial charge is 0.341 e. The molecule has 0 bridgehead atoms. The molecule has 0 aliphatic rings. The van der Waals surface area contributed by atoms with Gasteiger partial charge in [0.1, 0.15) is 0 Å². The van der Waals surface area contributed by atoms with Crippen LogP contribution in [0.5, 0.6) is 0 Å². The van der Waals surface area contributed by atoms with Crippen LogP contribution in [0.4, 0.5) is 4.79 Å². The monoisotopic (exact) mass is 187 g/mol. The number of likely N-dealkylation sites (N-methyl/N-ethyl adjacent to an activating group) is 1. The Kier molecular flexibility index (Phi) is 4.77. The smallest absolute Gasteiger partial charge is 0.317 e. The SMILES string of the molecule is CCN(C(=O)NC)C(C)(CC)CN. The Bertz CT molecular complexity index is 166. The van der Waals surface area contributed by atoms with Crippen molar-refractivity contribution in [2.24, 2.45) is 5.73 Å². The van der Waals surface area contributed by atoms with Crippen LogP contribution < -0.4 is 11.1 Å². The van der Waals surface area contributed by atoms with E-state index in [4.69, 9.17) is 5.73 Å². The summed E-state index contributed by atoms with van der Waals surface area (Å²) >= 11 is 0. The average Bonchev–Trinajstić information content (AvgIpc) is 2.18. The molecule has 13 heavy (non-hydrogen) atoms. The molecule has 0 aromatic heterocycles. The predicted molar refractivity (Wildman–Crippen MR) is 54.6 cm³/mol. The van der Waals surface area contributed by atoms with Gasteiger partial charge in [-0.15, -0.1) is 0 Å². The van der Waals surface area contributed by atoms with Gasteiger partial charge in [0, 0.05) is 20.1 Å². The van der Waals surface area contributed by atoms with Gasteiger partial charge in [0.15, 0.2) is 0 Å². The summed E-state index contributed by atoms with van der Waals surface area (Å²) in [5.74, 6) is 0. The maximum atomic E-state index is 11.5. The third kappa shape index (κ3) is 2.59. The molecule has 0 saturated heterocycles. The zero-order chi connectivity index (χ0) is 10.5. The van der Waals surface area contributed by atoms with Gasteiger partial charge in [0.2, 0.25) is 0 Å². The molecule has 0 aliphatic carbocycles. The van der Waals surface area contributed by atoms with Crippen molar-refractivity contribution >= 4 is 6.03 Å². The molecule has 4 heteroatoms. The highest BCUT2D eigenvalue weighted by atomic mass is 16.2. The van der Waals surface area contributed by atoms with E-state index in [1.807, 2.05) is 20.8 Å². The molecule has 0 spiro atoms. The number of carbonyl (C=O) groups excluding carboxylic acids is 1. The lowest BCUT2D eigenvalue weighted by atomic mass is 9.97. The number of rotatable bonds is 4. The normalized spacial score (nSPS) is 14.8. The van der Waals surface area contributed by atoms with E-state index in [1.54, 1.807) is 11.9 Å². The number of nitrogens with two attached hydrogens (primary N) is 1. The molecular weight excluding hydrogens is 166 g/mol. The standard InChI is InChI=1S/C9H21N3O/c1-5-9(3,7-10)12(6-2)8(13)11-4/h5-7,10H2,1-4H3,(H,11,13). The molecule has 0 heterocycles. The van der Waals surface area contributed by atoms with Crippen LogP contribution in [-0.4, -0.2) is 36.6 Å². The maximum Gasteiger partial charge on any atom is 0.317 e. The number of urea groups is 1. The summed E-state index contributed by atoms with van der Waals surface area (Å²) in [5, 5.41) is 2.62. The number of nitrogens with zero attached hydrogens (tertiary/aromatic N) is 1. The minimum atomic E-state index is -0.227. The molecule has 0 radical (unpaired) electrons. The topological polar surface area (TPSA) is 58.4 Å². The molecule has 0 aromatic carbocycles. The Morgan fingerprint density at radius 3 is 2.31 bits per heavy atom.